The van der Waals surface area contributed by atoms with Crippen molar-refractivity contribution < 1.29 is 4.39 Å². The molecule has 2 radical (unpaired) electrons. The second-order valence-corrected chi connectivity index (χ2v) is 3.76. The zero-order chi connectivity index (χ0) is 4.41. The summed E-state index contributed by atoms with van der Waals surface area (Å²) in [4.78, 5) is 0. The van der Waals surface area contributed by atoms with Gasteiger partial charge in [-0.2, -0.15) is 0 Å². The van der Waals surface area contributed by atoms with E-state index < -0.39 is 21.1 Å². The fraction of sp³-hybridized carbons (Fsp3) is 0. The minimum absolute atomic E-state index is 0.0263. The molecule has 30 valence electrons. The maximum atomic E-state index is 11.7. The van der Waals surface area contributed by atoms with Crippen molar-refractivity contribution in [3.8, 4) is 0 Å². The van der Waals surface area contributed by atoms with Crippen LogP contribution in [-0.4, -0.2) is 21.1 Å². The van der Waals surface area contributed by atoms with Gasteiger partial charge in [0, 0.05) is 0 Å². The molecule has 0 N–H and O–H groups in total. The number of hydrogen-bond acceptors (Lipinski definition) is 0. The van der Waals surface area contributed by atoms with Crippen molar-refractivity contribution in [1.29, 1.82) is 0 Å². The van der Waals surface area contributed by atoms with Crippen molar-refractivity contribution in [1.82, 2.24) is 0 Å². The van der Waals surface area contributed by atoms with Crippen molar-refractivity contribution in [2.45, 2.75) is 0 Å². The summed E-state index contributed by atoms with van der Waals surface area (Å²) in [5.41, 5.74) is 0. The molecule has 1 aliphatic rings. The summed E-state index contributed by atoms with van der Waals surface area (Å²) in [6.45, 7) is 0. The Morgan fingerprint density at radius 2 is 2.50 bits per heavy atom. The molecule has 0 saturated heterocycles. The molecular weight excluding hydrogens is 186 g/mol. The molecule has 2 heteroatoms. The SMILES string of the molecule is FC1=[CH][Sn][CH]=C1. The van der Waals surface area contributed by atoms with Gasteiger partial charge in [0.2, 0.25) is 0 Å². The summed E-state index contributed by atoms with van der Waals surface area (Å²) in [5.74, 6) is -0.0263. The van der Waals surface area contributed by atoms with E-state index in [-0.39, 0.29) is 5.83 Å². The third-order valence-corrected chi connectivity index (χ3v) is 2.85. The van der Waals surface area contributed by atoms with Crippen LogP contribution in [0.3, 0.4) is 0 Å². The second kappa shape index (κ2) is 1.78. The Balaban J connectivity index is 2.68. The molecule has 1 aliphatic heterocycles. The Kier molecular flexibility index (Phi) is 1.29. The molecule has 0 aromatic heterocycles. The van der Waals surface area contributed by atoms with Crippen LogP contribution in [0.2, 0.25) is 0 Å². The number of allylic oxidation sites excluding steroid dienone is 2. The topological polar surface area (TPSA) is 0 Å². The van der Waals surface area contributed by atoms with Crippen LogP contribution in [0.1, 0.15) is 0 Å². The van der Waals surface area contributed by atoms with Crippen LogP contribution in [0.25, 0.3) is 0 Å². The van der Waals surface area contributed by atoms with Gasteiger partial charge in [-0.05, 0) is 0 Å². The van der Waals surface area contributed by atoms with E-state index in [9.17, 15) is 4.39 Å². The van der Waals surface area contributed by atoms with E-state index >= 15 is 0 Å². The normalized spacial score (nSPS) is 18.5. The third kappa shape index (κ3) is 0.834. The first-order valence-corrected chi connectivity index (χ1v) is 4.97. The van der Waals surface area contributed by atoms with Gasteiger partial charge >= 0.3 is 45.6 Å². The standard InChI is InChI=1S/C4H3F.Sn/c1-3-4(2)5;/h1-3H;. The molecular formula is C4H3FSn. The first-order valence-electron chi connectivity index (χ1n) is 1.68. The maximum absolute atomic E-state index is 11.7. The zero-order valence-corrected chi connectivity index (χ0v) is 5.96. The number of halogens is 1. The molecule has 0 nitrogen and oxygen atoms in total. The van der Waals surface area contributed by atoms with Gasteiger partial charge in [-0.25, -0.2) is 0 Å². The van der Waals surface area contributed by atoms with E-state index in [1.165, 1.54) is 0 Å². The van der Waals surface area contributed by atoms with Gasteiger partial charge in [0.25, 0.3) is 0 Å². The van der Waals surface area contributed by atoms with Gasteiger partial charge < -0.3 is 0 Å². The summed E-state index contributed by atoms with van der Waals surface area (Å²) >= 11 is -0.444. The van der Waals surface area contributed by atoms with E-state index in [0.717, 1.165) is 0 Å². The van der Waals surface area contributed by atoms with E-state index in [4.69, 9.17) is 0 Å². The minimum atomic E-state index is -0.444. The molecule has 0 fully saturated rings. The summed E-state index contributed by atoms with van der Waals surface area (Å²) in [6, 6.07) is 0. The average Bonchev–Trinajstić information content (AvgIpc) is 1.86. The van der Waals surface area contributed by atoms with Crippen molar-refractivity contribution in [3.05, 3.63) is 20.1 Å². The Hall–Kier alpha value is 0.209. The van der Waals surface area contributed by atoms with Crippen LogP contribution in [0.15, 0.2) is 20.1 Å². The Bertz CT molecular complexity index is 101. The summed E-state index contributed by atoms with van der Waals surface area (Å²) in [5, 5.41) is 0. The van der Waals surface area contributed by atoms with E-state index in [0.29, 0.717) is 0 Å². The molecule has 0 aromatic carbocycles. The van der Waals surface area contributed by atoms with Crippen LogP contribution in [-0.2, 0) is 0 Å². The molecule has 1 rings (SSSR count). The molecule has 0 atom stereocenters. The van der Waals surface area contributed by atoms with E-state index in [1.807, 2.05) is 4.09 Å². The third-order valence-electron chi connectivity index (χ3n) is 0.560. The predicted octanol–water partition coefficient (Wildman–Crippen LogP) is 1.03. The monoisotopic (exact) mass is 190 g/mol. The van der Waals surface area contributed by atoms with Crippen molar-refractivity contribution >= 4 is 21.1 Å². The molecule has 0 bridgehead atoms. The molecule has 1 heterocycles. The van der Waals surface area contributed by atoms with Crippen molar-refractivity contribution in [2.75, 3.05) is 0 Å². The Morgan fingerprint density at radius 1 is 1.67 bits per heavy atom. The van der Waals surface area contributed by atoms with Gasteiger partial charge in [0.05, 0.1) is 0 Å². The summed E-state index contributed by atoms with van der Waals surface area (Å²) in [6.07, 6.45) is 1.55. The van der Waals surface area contributed by atoms with Gasteiger partial charge in [0.1, 0.15) is 0 Å². The molecule has 0 spiro atoms. The second-order valence-electron chi connectivity index (χ2n) is 1.03. The van der Waals surface area contributed by atoms with E-state index in [2.05, 4.69) is 0 Å². The van der Waals surface area contributed by atoms with Crippen LogP contribution in [0.4, 0.5) is 4.39 Å². The molecule has 0 amide bonds. The fourth-order valence-electron chi connectivity index (χ4n) is 0.304. The number of rotatable bonds is 0. The van der Waals surface area contributed by atoms with Gasteiger partial charge in [-0.3, -0.25) is 0 Å². The molecule has 0 saturated carbocycles. The Morgan fingerprint density at radius 3 is 2.67 bits per heavy atom. The molecule has 0 aliphatic carbocycles. The quantitative estimate of drug-likeness (QED) is 0.499. The first kappa shape index (κ1) is 4.37. The average molecular weight is 189 g/mol. The van der Waals surface area contributed by atoms with Crippen LogP contribution < -0.4 is 0 Å². The van der Waals surface area contributed by atoms with Gasteiger partial charge in [-0.15, -0.1) is 0 Å². The van der Waals surface area contributed by atoms with Crippen LogP contribution in [0.5, 0.6) is 0 Å². The fourth-order valence-corrected chi connectivity index (χ4v) is 2.04. The summed E-state index contributed by atoms with van der Waals surface area (Å²) < 4.78 is 15.4. The number of hydrogen-bond donors (Lipinski definition) is 0. The molecule has 0 aromatic rings. The molecule has 0 unspecified atom stereocenters. The zero-order valence-electron chi connectivity index (χ0n) is 3.11. The summed E-state index contributed by atoms with van der Waals surface area (Å²) in [7, 11) is 0. The van der Waals surface area contributed by atoms with Gasteiger partial charge in [-0.1, -0.05) is 0 Å². The van der Waals surface area contributed by atoms with Gasteiger partial charge in [0.15, 0.2) is 0 Å². The van der Waals surface area contributed by atoms with E-state index in [1.54, 1.807) is 10.2 Å². The van der Waals surface area contributed by atoms with Crippen LogP contribution in [0, 0.1) is 0 Å². The van der Waals surface area contributed by atoms with Crippen LogP contribution >= 0.6 is 0 Å². The predicted molar refractivity (Wildman–Crippen MR) is 24.1 cm³/mol. The molecule has 6 heavy (non-hydrogen) atoms. The Labute approximate surface area is 46.0 Å². The van der Waals surface area contributed by atoms with Crippen molar-refractivity contribution in [2.24, 2.45) is 0 Å². The first-order chi connectivity index (χ1) is 2.89. The van der Waals surface area contributed by atoms with Crippen molar-refractivity contribution in [3.63, 3.8) is 0 Å².